The summed E-state index contributed by atoms with van der Waals surface area (Å²) in [5.41, 5.74) is 0.271. The molecule has 3 aliphatic heterocycles. The van der Waals surface area contributed by atoms with Gasteiger partial charge in [0, 0.05) is 58.4 Å². The van der Waals surface area contributed by atoms with E-state index in [0.29, 0.717) is 6.04 Å². The topological polar surface area (TPSA) is 60.5 Å². The van der Waals surface area contributed by atoms with E-state index in [0.717, 1.165) is 77.4 Å². The minimum atomic E-state index is 0.271. The van der Waals surface area contributed by atoms with Crippen LogP contribution in [0.3, 0.4) is 0 Å². The first-order valence-electron chi connectivity index (χ1n) is 10.9. The fraction of sp³-hybridized carbons (Fsp3) is 0.727. The van der Waals surface area contributed by atoms with Gasteiger partial charge in [0.25, 0.3) is 0 Å². The summed E-state index contributed by atoms with van der Waals surface area (Å²) < 4.78 is 0. The van der Waals surface area contributed by atoms with Crippen LogP contribution in [0, 0.1) is 22.7 Å². The van der Waals surface area contributed by atoms with Crippen molar-refractivity contribution in [2.75, 3.05) is 58.9 Å². The van der Waals surface area contributed by atoms with Crippen molar-refractivity contribution in [3.8, 4) is 12.1 Å². The van der Waals surface area contributed by atoms with Gasteiger partial charge in [0.05, 0.1) is 0 Å². The Kier molecular flexibility index (Phi) is 7.77. The number of hydrogen-bond donors (Lipinski definition) is 0. The number of allylic oxidation sites excluding steroid dienone is 1. The minimum Gasteiger partial charge on any atom is -0.355 e. The predicted octanol–water partition coefficient (Wildman–Crippen LogP) is 2.39. The van der Waals surface area contributed by atoms with Gasteiger partial charge in [-0.2, -0.15) is 10.5 Å². The van der Waals surface area contributed by atoms with E-state index in [1.165, 1.54) is 19.4 Å². The van der Waals surface area contributed by atoms with Gasteiger partial charge in [-0.15, -0.1) is 0 Å². The molecule has 6 nitrogen and oxygen atoms in total. The van der Waals surface area contributed by atoms with Gasteiger partial charge in [-0.1, -0.05) is 12.2 Å². The van der Waals surface area contributed by atoms with Crippen LogP contribution < -0.4 is 0 Å². The fourth-order valence-corrected chi connectivity index (χ4v) is 4.70. The van der Waals surface area contributed by atoms with E-state index in [1.54, 1.807) is 0 Å². The summed E-state index contributed by atoms with van der Waals surface area (Å²) in [6, 6.07) is 4.97. The Balaban J connectivity index is 1.52. The molecule has 0 bridgehead atoms. The van der Waals surface area contributed by atoms with E-state index in [2.05, 4.69) is 50.8 Å². The lowest BCUT2D eigenvalue weighted by Crippen LogP contribution is -2.33. The van der Waals surface area contributed by atoms with Crippen LogP contribution in [0.15, 0.2) is 23.5 Å². The van der Waals surface area contributed by atoms with Crippen LogP contribution in [-0.4, -0.2) is 84.5 Å². The molecule has 0 radical (unpaired) electrons. The van der Waals surface area contributed by atoms with Gasteiger partial charge in [-0.05, 0) is 45.6 Å². The maximum atomic E-state index is 9.48. The van der Waals surface area contributed by atoms with Crippen molar-refractivity contribution in [1.29, 1.82) is 10.5 Å². The van der Waals surface area contributed by atoms with Gasteiger partial charge in [0.2, 0.25) is 0 Å². The van der Waals surface area contributed by atoms with Crippen molar-refractivity contribution < 1.29 is 0 Å². The summed E-state index contributed by atoms with van der Waals surface area (Å²) in [6.45, 7) is 11.6. The minimum absolute atomic E-state index is 0.271. The Morgan fingerprint density at radius 1 is 0.964 bits per heavy atom. The normalized spacial score (nSPS) is 23.2. The maximum absolute atomic E-state index is 9.48. The number of likely N-dealkylation sites (tertiary alicyclic amines) is 1. The molecular formula is C22H34N6. The van der Waals surface area contributed by atoms with E-state index < -0.39 is 0 Å². The monoisotopic (exact) mass is 382 g/mol. The number of hydrogen-bond acceptors (Lipinski definition) is 6. The lowest BCUT2D eigenvalue weighted by atomic mass is 10.2. The molecule has 1 unspecified atom stereocenters. The summed E-state index contributed by atoms with van der Waals surface area (Å²) in [6.07, 6.45) is 10.4. The van der Waals surface area contributed by atoms with Gasteiger partial charge in [0.1, 0.15) is 18.0 Å². The van der Waals surface area contributed by atoms with Crippen LogP contribution in [0.25, 0.3) is 0 Å². The molecule has 0 saturated carbocycles. The van der Waals surface area contributed by atoms with Crippen molar-refractivity contribution in [3.63, 3.8) is 0 Å². The van der Waals surface area contributed by atoms with E-state index >= 15 is 0 Å². The van der Waals surface area contributed by atoms with Crippen LogP contribution in [0.1, 0.15) is 39.0 Å². The van der Waals surface area contributed by atoms with Crippen molar-refractivity contribution in [2.24, 2.45) is 0 Å². The molecule has 3 heterocycles. The third kappa shape index (κ3) is 5.28. The van der Waals surface area contributed by atoms with Crippen LogP contribution in [0.2, 0.25) is 0 Å². The standard InChI is InChI=1S/C22H34N6/c1-20-8-5-12-26(20)13-7-15-28-17-16-27(22(28)21(18-23)19-24)14-6-11-25-9-3-2-4-10-25/h2-3,20H,4-17H2,1H3. The van der Waals surface area contributed by atoms with Crippen molar-refractivity contribution in [1.82, 2.24) is 19.6 Å². The molecule has 1 atom stereocenters. The lowest BCUT2D eigenvalue weighted by Gasteiger charge is -2.28. The highest BCUT2D eigenvalue weighted by molar-refractivity contribution is 5.40. The van der Waals surface area contributed by atoms with Crippen molar-refractivity contribution in [2.45, 2.75) is 45.1 Å². The summed E-state index contributed by atoms with van der Waals surface area (Å²) >= 11 is 0. The highest BCUT2D eigenvalue weighted by Gasteiger charge is 2.28. The Bertz CT molecular complexity index is 639. The molecule has 2 fully saturated rings. The van der Waals surface area contributed by atoms with Crippen molar-refractivity contribution >= 4 is 0 Å². The smallest absolute Gasteiger partial charge is 0.169 e. The molecule has 28 heavy (non-hydrogen) atoms. The molecular weight excluding hydrogens is 348 g/mol. The largest absolute Gasteiger partial charge is 0.355 e. The molecule has 0 aromatic rings. The Morgan fingerprint density at radius 3 is 2.25 bits per heavy atom. The first-order valence-corrected chi connectivity index (χ1v) is 10.9. The second-order valence-corrected chi connectivity index (χ2v) is 8.19. The third-order valence-corrected chi connectivity index (χ3v) is 6.29. The molecule has 3 rings (SSSR count). The molecule has 6 heteroatoms. The Morgan fingerprint density at radius 2 is 1.68 bits per heavy atom. The van der Waals surface area contributed by atoms with Gasteiger partial charge in [0.15, 0.2) is 5.57 Å². The van der Waals surface area contributed by atoms with Crippen LogP contribution in [-0.2, 0) is 0 Å². The average Bonchev–Trinajstić information content (AvgIpc) is 3.31. The zero-order valence-corrected chi connectivity index (χ0v) is 17.3. The second-order valence-electron chi connectivity index (χ2n) is 8.19. The molecule has 0 spiro atoms. The highest BCUT2D eigenvalue weighted by atomic mass is 15.4. The van der Waals surface area contributed by atoms with E-state index in [1.807, 2.05) is 0 Å². The van der Waals surface area contributed by atoms with Gasteiger partial charge in [-0.3, -0.25) is 4.90 Å². The van der Waals surface area contributed by atoms with E-state index in [-0.39, 0.29) is 5.57 Å². The van der Waals surface area contributed by atoms with E-state index in [9.17, 15) is 10.5 Å². The first-order chi connectivity index (χ1) is 13.7. The average molecular weight is 383 g/mol. The quantitative estimate of drug-likeness (QED) is 0.474. The fourth-order valence-electron chi connectivity index (χ4n) is 4.70. The second kappa shape index (κ2) is 10.5. The maximum Gasteiger partial charge on any atom is 0.169 e. The third-order valence-electron chi connectivity index (χ3n) is 6.29. The van der Waals surface area contributed by atoms with Gasteiger partial charge >= 0.3 is 0 Å². The van der Waals surface area contributed by atoms with E-state index in [4.69, 9.17) is 0 Å². The predicted molar refractivity (Wildman–Crippen MR) is 111 cm³/mol. The molecule has 2 saturated heterocycles. The number of nitrogens with zero attached hydrogens (tertiary/aromatic N) is 6. The number of nitriles is 2. The molecule has 152 valence electrons. The molecule has 0 amide bonds. The summed E-state index contributed by atoms with van der Waals surface area (Å²) in [4.78, 5) is 9.58. The number of rotatable bonds is 8. The molecule has 0 aliphatic carbocycles. The first kappa shape index (κ1) is 20.7. The lowest BCUT2D eigenvalue weighted by molar-refractivity contribution is 0.242. The highest BCUT2D eigenvalue weighted by Crippen LogP contribution is 2.23. The summed E-state index contributed by atoms with van der Waals surface area (Å²) in [7, 11) is 0. The summed E-state index contributed by atoms with van der Waals surface area (Å²) in [5.74, 6) is 0.873. The summed E-state index contributed by atoms with van der Waals surface area (Å²) in [5, 5.41) is 19.0. The molecule has 0 N–H and O–H groups in total. The molecule has 0 aromatic heterocycles. The molecule has 0 aromatic carbocycles. The zero-order chi connectivity index (χ0) is 19.8. The Hall–Kier alpha value is -2.02. The SMILES string of the molecule is CC1CCCN1CCCN1CCN(CCCN2CC=CCC2)C1=C(C#N)C#N. The van der Waals surface area contributed by atoms with Crippen molar-refractivity contribution in [3.05, 3.63) is 23.5 Å². The Labute approximate surface area is 170 Å². The van der Waals surface area contributed by atoms with Gasteiger partial charge < -0.3 is 14.7 Å². The van der Waals surface area contributed by atoms with Crippen LogP contribution in [0.4, 0.5) is 0 Å². The van der Waals surface area contributed by atoms with Crippen LogP contribution >= 0.6 is 0 Å². The van der Waals surface area contributed by atoms with Crippen LogP contribution in [0.5, 0.6) is 0 Å². The molecule has 3 aliphatic rings. The zero-order valence-electron chi connectivity index (χ0n) is 17.3. The van der Waals surface area contributed by atoms with Gasteiger partial charge in [-0.25, -0.2) is 0 Å².